The van der Waals surface area contributed by atoms with Crippen molar-refractivity contribution in [3.63, 3.8) is 0 Å². The van der Waals surface area contributed by atoms with Gasteiger partial charge in [0.1, 0.15) is 11.5 Å². The number of aryl methyl sites for hydroxylation is 2. The highest BCUT2D eigenvalue weighted by atomic mass is 16.3. The Hall–Kier alpha value is -3.12. The van der Waals surface area contributed by atoms with E-state index in [0.29, 0.717) is 13.0 Å². The Labute approximate surface area is 177 Å². The number of aliphatic hydroxyl groups is 1. The summed E-state index contributed by atoms with van der Waals surface area (Å²) in [5.74, 6) is -1.84. The first kappa shape index (κ1) is 21.6. The Kier molecular flexibility index (Phi) is 6.27. The monoisotopic (exact) mass is 408 g/mol. The van der Waals surface area contributed by atoms with Gasteiger partial charge in [0.25, 0.3) is 11.7 Å². The Bertz CT molecular complexity index is 996. The topological polar surface area (TPSA) is 81.1 Å². The van der Waals surface area contributed by atoms with Gasteiger partial charge < -0.3 is 20.0 Å². The summed E-state index contributed by atoms with van der Waals surface area (Å²) in [7, 11) is 3.90. The second kappa shape index (κ2) is 8.71. The number of hydrogen-bond acceptors (Lipinski definition) is 5. The third-order valence-corrected chi connectivity index (χ3v) is 5.53. The first-order valence-electron chi connectivity index (χ1n) is 10.0. The molecule has 1 fully saturated rings. The SMILES string of the molecule is Cc1cc(O)c(C(O)=C2C(=O)C(=O)N(CCCN(C)C)C2c2ccccc2)cc1C. The highest BCUT2D eigenvalue weighted by molar-refractivity contribution is 6.46. The number of phenols is 1. The number of ketones is 1. The number of hydrogen-bond donors (Lipinski definition) is 2. The van der Waals surface area contributed by atoms with E-state index in [0.717, 1.165) is 23.2 Å². The molecule has 1 aliphatic heterocycles. The van der Waals surface area contributed by atoms with E-state index < -0.39 is 17.7 Å². The molecule has 3 rings (SSSR count). The van der Waals surface area contributed by atoms with Crippen LogP contribution in [0.2, 0.25) is 0 Å². The summed E-state index contributed by atoms with van der Waals surface area (Å²) in [6, 6.07) is 11.7. The minimum atomic E-state index is -0.733. The number of carbonyl (C=O) groups is 2. The fourth-order valence-corrected chi connectivity index (χ4v) is 3.79. The first-order chi connectivity index (χ1) is 14.2. The molecular weight excluding hydrogens is 380 g/mol. The minimum absolute atomic E-state index is 0.00889. The van der Waals surface area contributed by atoms with Gasteiger partial charge in [-0.05, 0) is 69.7 Å². The molecule has 1 heterocycles. The number of benzene rings is 2. The highest BCUT2D eigenvalue weighted by Crippen LogP contribution is 2.41. The number of aliphatic hydroxyl groups excluding tert-OH is 1. The van der Waals surface area contributed by atoms with Crippen molar-refractivity contribution in [2.24, 2.45) is 0 Å². The molecule has 0 saturated carbocycles. The number of likely N-dealkylation sites (tertiary alicyclic amines) is 1. The van der Waals surface area contributed by atoms with Crippen LogP contribution in [0.15, 0.2) is 48.0 Å². The molecule has 1 saturated heterocycles. The van der Waals surface area contributed by atoms with Crippen LogP contribution in [0, 0.1) is 13.8 Å². The molecule has 6 nitrogen and oxygen atoms in total. The molecule has 2 aromatic rings. The van der Waals surface area contributed by atoms with Crippen molar-refractivity contribution in [1.82, 2.24) is 9.80 Å². The van der Waals surface area contributed by atoms with Crippen LogP contribution in [0.3, 0.4) is 0 Å². The molecule has 2 aromatic carbocycles. The van der Waals surface area contributed by atoms with Crippen LogP contribution in [-0.4, -0.2) is 58.9 Å². The van der Waals surface area contributed by atoms with Crippen LogP contribution in [-0.2, 0) is 9.59 Å². The molecule has 0 bridgehead atoms. The van der Waals surface area contributed by atoms with E-state index in [9.17, 15) is 19.8 Å². The molecule has 30 heavy (non-hydrogen) atoms. The van der Waals surface area contributed by atoms with Crippen LogP contribution < -0.4 is 0 Å². The first-order valence-corrected chi connectivity index (χ1v) is 10.0. The minimum Gasteiger partial charge on any atom is -0.507 e. The summed E-state index contributed by atoms with van der Waals surface area (Å²) in [6.07, 6.45) is 0.693. The maximum Gasteiger partial charge on any atom is 0.295 e. The van der Waals surface area contributed by atoms with Crippen molar-refractivity contribution in [2.45, 2.75) is 26.3 Å². The van der Waals surface area contributed by atoms with Crippen LogP contribution in [0.5, 0.6) is 5.75 Å². The zero-order valence-electron chi connectivity index (χ0n) is 17.8. The van der Waals surface area contributed by atoms with Gasteiger partial charge in [0.15, 0.2) is 0 Å². The maximum absolute atomic E-state index is 13.0. The second-order valence-electron chi connectivity index (χ2n) is 8.01. The normalized spacial score (nSPS) is 18.4. The van der Waals surface area contributed by atoms with Crippen molar-refractivity contribution in [3.05, 3.63) is 70.3 Å². The van der Waals surface area contributed by atoms with Gasteiger partial charge in [-0.1, -0.05) is 30.3 Å². The van der Waals surface area contributed by atoms with E-state index in [-0.39, 0.29) is 22.6 Å². The number of rotatable bonds is 6. The van der Waals surface area contributed by atoms with Crippen molar-refractivity contribution < 1.29 is 19.8 Å². The number of amides is 1. The summed E-state index contributed by atoms with van der Waals surface area (Å²) in [5, 5.41) is 21.5. The van der Waals surface area contributed by atoms with Crippen LogP contribution in [0.1, 0.15) is 34.7 Å². The van der Waals surface area contributed by atoms with Crippen molar-refractivity contribution in [3.8, 4) is 5.75 Å². The van der Waals surface area contributed by atoms with E-state index >= 15 is 0 Å². The molecule has 0 aliphatic carbocycles. The second-order valence-corrected chi connectivity index (χ2v) is 8.01. The quantitative estimate of drug-likeness (QED) is 0.435. The van der Waals surface area contributed by atoms with Gasteiger partial charge in [-0.25, -0.2) is 0 Å². The molecule has 158 valence electrons. The number of nitrogens with zero attached hydrogens (tertiary/aromatic N) is 2. The largest absolute Gasteiger partial charge is 0.507 e. The van der Waals surface area contributed by atoms with E-state index in [2.05, 4.69) is 0 Å². The molecule has 0 aromatic heterocycles. The summed E-state index contributed by atoms with van der Waals surface area (Å²) in [4.78, 5) is 29.4. The van der Waals surface area contributed by atoms with Crippen LogP contribution in [0.4, 0.5) is 0 Å². The number of carbonyl (C=O) groups excluding carboxylic acids is 2. The third-order valence-electron chi connectivity index (χ3n) is 5.53. The average Bonchev–Trinajstić information content (AvgIpc) is 2.95. The Balaban J connectivity index is 2.13. The van der Waals surface area contributed by atoms with Crippen molar-refractivity contribution in [1.29, 1.82) is 0 Å². The van der Waals surface area contributed by atoms with Gasteiger partial charge >= 0.3 is 0 Å². The zero-order chi connectivity index (χ0) is 22.0. The molecular formula is C24H28N2O4. The molecule has 0 spiro atoms. The van der Waals surface area contributed by atoms with Crippen molar-refractivity contribution in [2.75, 3.05) is 27.2 Å². The predicted octanol–water partition coefficient (Wildman–Crippen LogP) is 3.38. The average molecular weight is 408 g/mol. The summed E-state index contributed by atoms with van der Waals surface area (Å²) < 4.78 is 0. The number of aromatic hydroxyl groups is 1. The molecule has 1 atom stereocenters. The fraction of sp³-hybridized carbons (Fsp3) is 0.333. The lowest BCUT2D eigenvalue weighted by Gasteiger charge is -2.26. The van der Waals surface area contributed by atoms with Crippen molar-refractivity contribution >= 4 is 17.4 Å². The van der Waals surface area contributed by atoms with Gasteiger partial charge in [0, 0.05) is 6.54 Å². The highest BCUT2D eigenvalue weighted by Gasteiger charge is 2.46. The standard InChI is InChI=1S/C24H28N2O4/c1-15-13-18(19(27)14-16(15)2)22(28)20-21(17-9-6-5-7-10-17)26(24(30)23(20)29)12-8-11-25(3)4/h5-7,9-10,13-14,21,27-28H,8,11-12H2,1-4H3. The Morgan fingerprint density at radius 3 is 2.33 bits per heavy atom. The summed E-state index contributed by atoms with van der Waals surface area (Å²) >= 11 is 0. The Morgan fingerprint density at radius 1 is 1.07 bits per heavy atom. The van der Waals surface area contributed by atoms with Crippen LogP contribution >= 0.6 is 0 Å². The third kappa shape index (κ3) is 4.09. The van der Waals surface area contributed by atoms with Gasteiger partial charge in [0.05, 0.1) is 17.2 Å². The Morgan fingerprint density at radius 2 is 1.70 bits per heavy atom. The summed E-state index contributed by atoms with van der Waals surface area (Å²) in [5.41, 5.74) is 2.64. The zero-order valence-corrected chi connectivity index (χ0v) is 17.8. The van der Waals surface area contributed by atoms with Crippen LogP contribution in [0.25, 0.3) is 5.76 Å². The van der Waals surface area contributed by atoms with E-state index in [1.54, 1.807) is 12.1 Å². The van der Waals surface area contributed by atoms with E-state index in [1.807, 2.05) is 63.2 Å². The predicted molar refractivity (Wildman–Crippen MR) is 116 cm³/mol. The molecule has 0 radical (unpaired) electrons. The molecule has 6 heteroatoms. The van der Waals surface area contributed by atoms with E-state index in [1.165, 1.54) is 4.90 Å². The van der Waals surface area contributed by atoms with Gasteiger partial charge in [-0.3, -0.25) is 9.59 Å². The maximum atomic E-state index is 13.0. The van der Waals surface area contributed by atoms with Gasteiger partial charge in [-0.15, -0.1) is 0 Å². The molecule has 1 amide bonds. The molecule has 2 N–H and O–H groups in total. The van der Waals surface area contributed by atoms with Gasteiger partial charge in [-0.2, -0.15) is 0 Å². The fourth-order valence-electron chi connectivity index (χ4n) is 3.79. The smallest absolute Gasteiger partial charge is 0.295 e. The lowest BCUT2D eigenvalue weighted by atomic mass is 9.94. The molecule has 1 aliphatic rings. The lowest BCUT2D eigenvalue weighted by Crippen LogP contribution is -2.32. The number of phenolic OH excluding ortho intramolecular Hbond substituents is 1. The lowest BCUT2D eigenvalue weighted by molar-refractivity contribution is -0.139. The summed E-state index contributed by atoms with van der Waals surface area (Å²) in [6.45, 7) is 4.87. The number of Topliss-reactive ketones (excluding diaryl/α,β-unsaturated/α-hetero) is 1. The van der Waals surface area contributed by atoms with Gasteiger partial charge in [0.2, 0.25) is 0 Å². The molecule has 1 unspecified atom stereocenters. The van der Waals surface area contributed by atoms with E-state index in [4.69, 9.17) is 0 Å².